The molecule has 1 rings (SSSR count). The highest BCUT2D eigenvalue weighted by Crippen LogP contribution is 2.11. The zero-order chi connectivity index (χ0) is 13.9. The van der Waals surface area contributed by atoms with Gasteiger partial charge in [0.05, 0.1) is 26.3 Å². The zero-order valence-corrected chi connectivity index (χ0v) is 12.4. The molecule has 1 aromatic heterocycles. The Morgan fingerprint density at radius 2 is 2.16 bits per heavy atom. The van der Waals surface area contributed by atoms with E-state index in [9.17, 15) is 4.79 Å². The summed E-state index contributed by atoms with van der Waals surface area (Å²) in [4.78, 5) is 15.1. The fourth-order valence-corrected chi connectivity index (χ4v) is 2.28. The molecule has 0 aliphatic heterocycles. The Bertz CT molecular complexity index is 344. The summed E-state index contributed by atoms with van der Waals surface area (Å²) in [6, 6.07) is 4.03. The van der Waals surface area contributed by atoms with E-state index in [1.54, 1.807) is 25.6 Å². The van der Waals surface area contributed by atoms with Crippen LogP contribution >= 0.6 is 11.3 Å². The Hall–Kier alpha value is -0.950. The fourth-order valence-electron chi connectivity index (χ4n) is 1.57. The van der Waals surface area contributed by atoms with Crippen molar-refractivity contribution in [2.75, 3.05) is 47.1 Å². The predicted molar refractivity (Wildman–Crippen MR) is 76.4 cm³/mol. The van der Waals surface area contributed by atoms with Gasteiger partial charge < -0.3 is 19.7 Å². The van der Waals surface area contributed by atoms with Crippen LogP contribution in [0.3, 0.4) is 0 Å². The smallest absolute Gasteiger partial charge is 0.236 e. The molecule has 0 bridgehead atoms. The standard InChI is InChI=1S/C13H22N2O3S/c1-17-7-5-14-10-13(16)15(6-8-18-2)11-12-4-3-9-19-12/h3-4,9,14H,5-8,10-11H2,1-2H3. The van der Waals surface area contributed by atoms with Crippen LogP contribution in [0.4, 0.5) is 0 Å². The highest BCUT2D eigenvalue weighted by molar-refractivity contribution is 7.09. The number of carbonyl (C=O) groups excluding carboxylic acids is 1. The Kier molecular flexibility index (Phi) is 8.40. The number of nitrogens with zero attached hydrogens (tertiary/aromatic N) is 1. The lowest BCUT2D eigenvalue weighted by atomic mass is 10.3. The van der Waals surface area contributed by atoms with Crippen LogP contribution in [0, 0.1) is 0 Å². The maximum absolute atomic E-state index is 12.1. The highest BCUT2D eigenvalue weighted by atomic mass is 32.1. The van der Waals surface area contributed by atoms with E-state index in [0.29, 0.717) is 39.4 Å². The lowest BCUT2D eigenvalue weighted by Gasteiger charge is -2.22. The van der Waals surface area contributed by atoms with Crippen molar-refractivity contribution in [3.05, 3.63) is 22.4 Å². The third kappa shape index (κ3) is 6.68. The normalized spacial score (nSPS) is 10.6. The molecule has 1 aromatic rings. The second-order valence-electron chi connectivity index (χ2n) is 4.06. The minimum Gasteiger partial charge on any atom is -0.383 e. The van der Waals surface area contributed by atoms with E-state index in [2.05, 4.69) is 5.32 Å². The number of methoxy groups -OCH3 is 2. The van der Waals surface area contributed by atoms with Gasteiger partial charge >= 0.3 is 0 Å². The van der Waals surface area contributed by atoms with Gasteiger partial charge in [-0.05, 0) is 11.4 Å². The topological polar surface area (TPSA) is 50.8 Å². The quantitative estimate of drug-likeness (QED) is 0.651. The molecule has 0 unspecified atom stereocenters. The van der Waals surface area contributed by atoms with Crippen molar-refractivity contribution in [2.45, 2.75) is 6.54 Å². The van der Waals surface area contributed by atoms with E-state index in [1.807, 2.05) is 22.4 Å². The van der Waals surface area contributed by atoms with E-state index < -0.39 is 0 Å². The summed E-state index contributed by atoms with van der Waals surface area (Å²) in [7, 11) is 3.29. The molecule has 1 amide bonds. The van der Waals surface area contributed by atoms with Crippen LogP contribution < -0.4 is 5.32 Å². The third-order valence-electron chi connectivity index (χ3n) is 2.60. The molecule has 0 aliphatic carbocycles. The molecule has 0 spiro atoms. The monoisotopic (exact) mass is 286 g/mol. The molecule has 0 saturated carbocycles. The Balaban J connectivity index is 2.40. The molecule has 0 fully saturated rings. The summed E-state index contributed by atoms with van der Waals surface area (Å²) < 4.78 is 9.98. The summed E-state index contributed by atoms with van der Waals surface area (Å²) >= 11 is 1.66. The first-order valence-corrected chi connectivity index (χ1v) is 7.14. The predicted octanol–water partition coefficient (Wildman–Crippen LogP) is 0.959. The van der Waals surface area contributed by atoms with E-state index in [4.69, 9.17) is 9.47 Å². The van der Waals surface area contributed by atoms with Gasteiger partial charge in [0.2, 0.25) is 5.91 Å². The van der Waals surface area contributed by atoms with Gasteiger partial charge in [-0.1, -0.05) is 6.07 Å². The van der Waals surface area contributed by atoms with Crippen molar-refractivity contribution < 1.29 is 14.3 Å². The average molecular weight is 286 g/mol. The SMILES string of the molecule is COCCNCC(=O)N(CCOC)Cc1cccs1. The van der Waals surface area contributed by atoms with Crippen molar-refractivity contribution in [1.29, 1.82) is 0 Å². The fraction of sp³-hybridized carbons (Fsp3) is 0.615. The second-order valence-corrected chi connectivity index (χ2v) is 5.09. The van der Waals surface area contributed by atoms with Gasteiger partial charge in [0.25, 0.3) is 0 Å². The lowest BCUT2D eigenvalue weighted by Crippen LogP contribution is -2.40. The number of ether oxygens (including phenoxy) is 2. The summed E-state index contributed by atoms with van der Waals surface area (Å²) in [6.45, 7) is 3.42. The van der Waals surface area contributed by atoms with E-state index >= 15 is 0 Å². The molecule has 108 valence electrons. The van der Waals surface area contributed by atoms with Crippen LogP contribution in [0.2, 0.25) is 0 Å². The van der Waals surface area contributed by atoms with Gasteiger partial charge in [-0.15, -0.1) is 11.3 Å². The zero-order valence-electron chi connectivity index (χ0n) is 11.6. The lowest BCUT2D eigenvalue weighted by molar-refractivity contribution is -0.131. The summed E-state index contributed by atoms with van der Waals surface area (Å²) in [6.07, 6.45) is 0. The number of amides is 1. The van der Waals surface area contributed by atoms with Crippen LogP contribution in [-0.4, -0.2) is 57.9 Å². The van der Waals surface area contributed by atoms with Gasteiger partial charge in [0, 0.05) is 32.2 Å². The summed E-state index contributed by atoms with van der Waals surface area (Å²) in [5.74, 6) is 0.0848. The Morgan fingerprint density at radius 1 is 1.37 bits per heavy atom. The maximum atomic E-state index is 12.1. The molecule has 0 aliphatic rings. The van der Waals surface area contributed by atoms with Crippen LogP contribution in [0.5, 0.6) is 0 Å². The van der Waals surface area contributed by atoms with Crippen LogP contribution in [-0.2, 0) is 20.8 Å². The summed E-state index contributed by atoms with van der Waals surface area (Å²) in [5.41, 5.74) is 0. The second kappa shape index (κ2) is 9.91. The average Bonchev–Trinajstić information content (AvgIpc) is 2.92. The van der Waals surface area contributed by atoms with Crippen molar-refractivity contribution in [2.24, 2.45) is 0 Å². The van der Waals surface area contributed by atoms with Gasteiger partial charge in [-0.3, -0.25) is 4.79 Å². The minimum absolute atomic E-state index is 0.0848. The number of carbonyl (C=O) groups is 1. The van der Waals surface area contributed by atoms with Gasteiger partial charge in [0.15, 0.2) is 0 Å². The van der Waals surface area contributed by atoms with Gasteiger partial charge in [0.1, 0.15) is 0 Å². The molecule has 0 atom stereocenters. The van der Waals surface area contributed by atoms with E-state index in [-0.39, 0.29) is 5.91 Å². The van der Waals surface area contributed by atoms with Crippen molar-refractivity contribution in [1.82, 2.24) is 10.2 Å². The highest BCUT2D eigenvalue weighted by Gasteiger charge is 2.13. The maximum Gasteiger partial charge on any atom is 0.236 e. The Morgan fingerprint density at radius 3 is 2.79 bits per heavy atom. The first kappa shape index (κ1) is 16.1. The number of thiophene rings is 1. The molecule has 0 radical (unpaired) electrons. The Labute approximate surface area is 118 Å². The largest absolute Gasteiger partial charge is 0.383 e. The molecule has 5 nitrogen and oxygen atoms in total. The molecule has 6 heteroatoms. The van der Waals surface area contributed by atoms with Crippen molar-refractivity contribution in [3.63, 3.8) is 0 Å². The van der Waals surface area contributed by atoms with E-state index in [1.165, 1.54) is 4.88 Å². The first-order valence-electron chi connectivity index (χ1n) is 6.26. The number of hydrogen-bond donors (Lipinski definition) is 1. The summed E-state index contributed by atoms with van der Waals surface area (Å²) in [5, 5.41) is 5.09. The first-order chi connectivity index (χ1) is 9.27. The molecule has 0 saturated heterocycles. The van der Waals surface area contributed by atoms with Crippen LogP contribution in [0.25, 0.3) is 0 Å². The van der Waals surface area contributed by atoms with Crippen molar-refractivity contribution in [3.8, 4) is 0 Å². The number of hydrogen-bond acceptors (Lipinski definition) is 5. The molecule has 1 N–H and O–H groups in total. The minimum atomic E-state index is 0.0848. The molecular formula is C13H22N2O3S. The van der Waals surface area contributed by atoms with Gasteiger partial charge in [-0.25, -0.2) is 0 Å². The van der Waals surface area contributed by atoms with E-state index in [0.717, 1.165) is 0 Å². The van der Waals surface area contributed by atoms with Gasteiger partial charge in [-0.2, -0.15) is 0 Å². The van der Waals surface area contributed by atoms with Crippen molar-refractivity contribution >= 4 is 17.2 Å². The molecular weight excluding hydrogens is 264 g/mol. The molecule has 1 heterocycles. The molecule has 0 aromatic carbocycles. The number of nitrogens with one attached hydrogen (secondary N) is 1. The third-order valence-corrected chi connectivity index (χ3v) is 3.47. The molecule has 19 heavy (non-hydrogen) atoms. The van der Waals surface area contributed by atoms with Crippen LogP contribution in [0.15, 0.2) is 17.5 Å². The van der Waals surface area contributed by atoms with Crippen LogP contribution in [0.1, 0.15) is 4.88 Å². The number of rotatable bonds is 10.